The summed E-state index contributed by atoms with van der Waals surface area (Å²) in [5.74, 6) is 2.96. The maximum Gasteiger partial charge on any atom is 0.165 e. The van der Waals surface area contributed by atoms with Gasteiger partial charge < -0.3 is 9.64 Å². The SMILES string of the molecule is COC[C@H](C)C1CCN(c2nc(-c3cccnc3)nc3c2cnn3C)CC1. The summed E-state index contributed by atoms with van der Waals surface area (Å²) < 4.78 is 7.16. The van der Waals surface area contributed by atoms with Gasteiger partial charge in [0.25, 0.3) is 0 Å². The Morgan fingerprint density at radius 1 is 1.22 bits per heavy atom. The standard InChI is InChI=1S/C20H26N6O/c1-14(13-27-3)15-6-9-26(10-7-15)20-17-12-22-25(2)19(17)23-18(24-20)16-5-4-8-21-11-16/h4-5,8,11-12,14-15H,6-7,9-10,13H2,1-3H3/t14-/m0/s1. The van der Waals surface area contributed by atoms with Crippen molar-refractivity contribution in [3.63, 3.8) is 0 Å². The number of nitrogens with zero attached hydrogens (tertiary/aromatic N) is 6. The van der Waals surface area contributed by atoms with Crippen molar-refractivity contribution in [3.05, 3.63) is 30.7 Å². The number of pyridine rings is 1. The number of hydrogen-bond donors (Lipinski definition) is 0. The minimum absolute atomic E-state index is 0.590. The van der Waals surface area contributed by atoms with E-state index < -0.39 is 0 Å². The van der Waals surface area contributed by atoms with Gasteiger partial charge in [0.1, 0.15) is 5.82 Å². The van der Waals surface area contributed by atoms with Crippen LogP contribution in [0.4, 0.5) is 5.82 Å². The summed E-state index contributed by atoms with van der Waals surface area (Å²) in [7, 11) is 3.70. The van der Waals surface area contributed by atoms with Crippen molar-refractivity contribution >= 4 is 16.9 Å². The molecule has 0 unspecified atom stereocenters. The molecule has 0 aromatic carbocycles. The van der Waals surface area contributed by atoms with E-state index in [0.29, 0.717) is 17.7 Å². The Morgan fingerprint density at radius 3 is 2.74 bits per heavy atom. The molecule has 27 heavy (non-hydrogen) atoms. The van der Waals surface area contributed by atoms with E-state index in [1.165, 1.54) is 0 Å². The number of anilines is 1. The molecule has 0 saturated carbocycles. The van der Waals surface area contributed by atoms with Crippen LogP contribution in [0.3, 0.4) is 0 Å². The molecule has 1 saturated heterocycles. The summed E-state index contributed by atoms with van der Waals surface area (Å²) in [6.45, 7) is 5.10. The van der Waals surface area contributed by atoms with Crippen LogP contribution in [0.5, 0.6) is 0 Å². The Morgan fingerprint density at radius 2 is 2.04 bits per heavy atom. The summed E-state index contributed by atoms with van der Waals surface area (Å²) in [6, 6.07) is 3.90. The summed E-state index contributed by atoms with van der Waals surface area (Å²) >= 11 is 0. The third kappa shape index (κ3) is 3.51. The number of aryl methyl sites for hydroxylation is 1. The number of ether oxygens (including phenoxy) is 1. The van der Waals surface area contributed by atoms with E-state index in [4.69, 9.17) is 14.7 Å². The van der Waals surface area contributed by atoms with Crippen molar-refractivity contribution in [1.82, 2.24) is 24.7 Å². The fraction of sp³-hybridized carbons (Fsp3) is 0.500. The molecule has 0 radical (unpaired) electrons. The number of hydrogen-bond acceptors (Lipinski definition) is 6. The van der Waals surface area contributed by atoms with Gasteiger partial charge in [-0.15, -0.1) is 0 Å². The molecule has 7 heteroatoms. The number of methoxy groups -OCH3 is 1. The van der Waals surface area contributed by atoms with Crippen molar-refractivity contribution < 1.29 is 4.74 Å². The second-order valence-corrected chi connectivity index (χ2v) is 7.38. The van der Waals surface area contributed by atoms with Crippen LogP contribution >= 0.6 is 0 Å². The van der Waals surface area contributed by atoms with Gasteiger partial charge in [-0.2, -0.15) is 5.10 Å². The van der Waals surface area contributed by atoms with Gasteiger partial charge in [0.15, 0.2) is 11.5 Å². The van der Waals surface area contributed by atoms with Crippen LogP contribution in [-0.2, 0) is 11.8 Å². The lowest BCUT2D eigenvalue weighted by Crippen LogP contribution is -2.37. The molecule has 0 N–H and O–H groups in total. The molecule has 3 aromatic rings. The number of rotatable bonds is 5. The average molecular weight is 366 g/mol. The van der Waals surface area contributed by atoms with E-state index in [-0.39, 0.29) is 0 Å². The van der Waals surface area contributed by atoms with Gasteiger partial charge in [-0.25, -0.2) is 9.97 Å². The highest BCUT2D eigenvalue weighted by Crippen LogP contribution is 2.32. The first-order valence-electron chi connectivity index (χ1n) is 9.51. The highest BCUT2D eigenvalue weighted by Gasteiger charge is 2.26. The zero-order valence-electron chi connectivity index (χ0n) is 16.2. The number of fused-ring (bicyclic) bond motifs is 1. The highest BCUT2D eigenvalue weighted by molar-refractivity contribution is 5.88. The van der Waals surface area contributed by atoms with Crippen LogP contribution in [0.1, 0.15) is 19.8 Å². The lowest BCUT2D eigenvalue weighted by Gasteiger charge is -2.35. The van der Waals surface area contributed by atoms with Gasteiger partial charge in [0, 0.05) is 51.8 Å². The van der Waals surface area contributed by atoms with Crippen LogP contribution < -0.4 is 4.90 Å². The highest BCUT2D eigenvalue weighted by atomic mass is 16.5. The molecule has 1 aliphatic rings. The van der Waals surface area contributed by atoms with Crippen LogP contribution in [0.15, 0.2) is 30.7 Å². The number of aromatic nitrogens is 5. The first-order chi connectivity index (χ1) is 13.2. The topological polar surface area (TPSA) is 69.0 Å². The van der Waals surface area contributed by atoms with Crippen molar-refractivity contribution in [2.45, 2.75) is 19.8 Å². The van der Waals surface area contributed by atoms with Gasteiger partial charge in [-0.05, 0) is 36.8 Å². The molecule has 1 fully saturated rings. The van der Waals surface area contributed by atoms with Crippen LogP contribution in [-0.4, -0.2) is 51.5 Å². The summed E-state index contributed by atoms with van der Waals surface area (Å²) in [5, 5.41) is 5.42. The molecule has 4 rings (SSSR count). The van der Waals surface area contributed by atoms with E-state index in [1.807, 2.05) is 30.1 Å². The van der Waals surface area contributed by atoms with Gasteiger partial charge in [0.05, 0.1) is 11.6 Å². The van der Waals surface area contributed by atoms with Crippen molar-refractivity contribution in [2.24, 2.45) is 18.9 Å². The fourth-order valence-corrected chi connectivity index (χ4v) is 3.95. The summed E-state index contributed by atoms with van der Waals surface area (Å²) in [4.78, 5) is 16.2. The largest absolute Gasteiger partial charge is 0.384 e. The van der Waals surface area contributed by atoms with Gasteiger partial charge in [-0.1, -0.05) is 6.92 Å². The van der Waals surface area contributed by atoms with Crippen molar-refractivity contribution in [1.29, 1.82) is 0 Å². The molecule has 0 amide bonds. The third-order valence-corrected chi connectivity index (χ3v) is 5.57. The molecule has 142 valence electrons. The first-order valence-corrected chi connectivity index (χ1v) is 9.51. The van der Waals surface area contributed by atoms with Gasteiger partial charge >= 0.3 is 0 Å². The minimum Gasteiger partial charge on any atom is -0.384 e. The average Bonchev–Trinajstić information content (AvgIpc) is 3.09. The van der Waals surface area contributed by atoms with E-state index in [1.54, 1.807) is 19.5 Å². The first kappa shape index (κ1) is 17.9. The second kappa shape index (κ2) is 7.60. The molecule has 1 aliphatic heterocycles. The van der Waals surface area contributed by atoms with Gasteiger partial charge in [0.2, 0.25) is 0 Å². The second-order valence-electron chi connectivity index (χ2n) is 7.38. The van der Waals surface area contributed by atoms with Crippen molar-refractivity contribution in [3.8, 4) is 11.4 Å². The van der Waals surface area contributed by atoms with E-state index in [9.17, 15) is 0 Å². The monoisotopic (exact) mass is 366 g/mol. The van der Waals surface area contributed by atoms with Crippen LogP contribution in [0.25, 0.3) is 22.4 Å². The Labute approximate surface area is 159 Å². The predicted molar refractivity (Wildman–Crippen MR) is 106 cm³/mol. The molecule has 4 heterocycles. The Hall–Kier alpha value is -2.54. The summed E-state index contributed by atoms with van der Waals surface area (Å²) in [5.41, 5.74) is 1.78. The maximum atomic E-state index is 5.34. The molecule has 0 bridgehead atoms. The van der Waals surface area contributed by atoms with E-state index >= 15 is 0 Å². The zero-order valence-corrected chi connectivity index (χ0v) is 16.2. The molecular formula is C20H26N6O. The van der Waals surface area contributed by atoms with Crippen LogP contribution in [0, 0.1) is 11.8 Å². The smallest absolute Gasteiger partial charge is 0.165 e. The normalized spacial score (nSPS) is 16.8. The zero-order chi connectivity index (χ0) is 18.8. The molecule has 7 nitrogen and oxygen atoms in total. The third-order valence-electron chi connectivity index (χ3n) is 5.57. The molecule has 1 atom stereocenters. The van der Waals surface area contributed by atoms with Crippen molar-refractivity contribution in [2.75, 3.05) is 31.7 Å². The van der Waals surface area contributed by atoms with Gasteiger partial charge in [-0.3, -0.25) is 9.67 Å². The Kier molecular flexibility index (Phi) is 5.03. The maximum absolute atomic E-state index is 5.34. The van der Waals surface area contributed by atoms with Crippen LogP contribution in [0.2, 0.25) is 0 Å². The molecular weight excluding hydrogens is 340 g/mol. The predicted octanol–water partition coefficient (Wildman–Crippen LogP) is 2.92. The lowest BCUT2D eigenvalue weighted by molar-refractivity contribution is 0.120. The molecule has 0 spiro atoms. The Bertz CT molecular complexity index is 901. The summed E-state index contributed by atoms with van der Waals surface area (Å²) in [6.07, 6.45) is 7.74. The quantitative estimate of drug-likeness (QED) is 0.691. The fourth-order valence-electron chi connectivity index (χ4n) is 3.95. The number of piperidine rings is 1. The van der Waals surface area contributed by atoms with E-state index in [0.717, 1.165) is 55.0 Å². The lowest BCUT2D eigenvalue weighted by atomic mass is 9.86. The minimum atomic E-state index is 0.590. The molecule has 3 aromatic heterocycles. The van der Waals surface area contributed by atoms with E-state index in [2.05, 4.69) is 21.9 Å². The Balaban J connectivity index is 1.66. The molecule has 0 aliphatic carbocycles.